The molecule has 182 valence electrons. The monoisotopic (exact) mass is 497 g/mol. The Morgan fingerprint density at radius 1 is 1.14 bits per heavy atom. The molecule has 4 aromatic rings. The Bertz CT molecular complexity index is 1540. The van der Waals surface area contributed by atoms with Crippen molar-refractivity contribution in [3.8, 4) is 11.1 Å². The molecule has 2 N–H and O–H groups in total. The van der Waals surface area contributed by atoms with E-state index in [0.29, 0.717) is 22.3 Å². The molecule has 4 rings (SSSR count). The highest BCUT2D eigenvalue weighted by molar-refractivity contribution is 7.84. The number of fused-ring (bicyclic) bond motifs is 1. The molecule has 1 unspecified atom stereocenters. The molecule has 10 nitrogen and oxygen atoms in total. The first kappa shape index (κ1) is 24.2. The van der Waals surface area contributed by atoms with E-state index in [1.165, 1.54) is 48.5 Å². The van der Waals surface area contributed by atoms with Crippen molar-refractivity contribution in [3.63, 3.8) is 0 Å². The molecule has 0 aliphatic rings. The van der Waals surface area contributed by atoms with Gasteiger partial charge in [0.05, 0.1) is 33.9 Å². The number of carbonyl (C=O) groups excluding carboxylic acids is 1. The van der Waals surface area contributed by atoms with Crippen LogP contribution in [0.4, 0.5) is 20.6 Å². The smallest absolute Gasteiger partial charge is 0.305 e. The Balaban J connectivity index is 1.64. The van der Waals surface area contributed by atoms with Gasteiger partial charge in [-0.1, -0.05) is 6.07 Å². The molecule has 0 fully saturated rings. The molecular formula is C23H24FN7O3S. The van der Waals surface area contributed by atoms with Crippen LogP contribution in [0.1, 0.15) is 20.8 Å². The highest BCUT2D eigenvalue weighted by atomic mass is 32.2. The first-order chi connectivity index (χ1) is 16.4. The highest BCUT2D eigenvalue weighted by Crippen LogP contribution is 2.25. The number of hydrogen-bond donors (Lipinski definition) is 2. The van der Waals surface area contributed by atoms with Crippen LogP contribution in [-0.2, 0) is 23.4 Å². The summed E-state index contributed by atoms with van der Waals surface area (Å²) in [5.41, 5.74) is 0.693. The molecule has 3 heterocycles. The number of amides is 2. The number of nitrogens with one attached hydrogen (secondary N) is 2. The predicted molar refractivity (Wildman–Crippen MR) is 132 cm³/mol. The van der Waals surface area contributed by atoms with E-state index >= 15 is 0 Å². The van der Waals surface area contributed by atoms with Gasteiger partial charge < -0.3 is 10.6 Å². The number of halogens is 1. The molecule has 0 saturated carbocycles. The van der Waals surface area contributed by atoms with Gasteiger partial charge in [0, 0.05) is 36.6 Å². The third-order valence-corrected chi connectivity index (χ3v) is 5.95. The standard InChI is InChI=1S/C23H24FN7O3S/c1-23(2,3)31-12-15(11-26-31)27-21(33)28-18-9-13(6-7-17(18)24)16-8-14-10-25-22(35(5)34)29-19(14)30(4)20(16)32/h6-12H,1-5H3,(H2,27,28,33). The Hall–Kier alpha value is -3.93. The van der Waals surface area contributed by atoms with Gasteiger partial charge in [0.15, 0.2) is 0 Å². The van der Waals surface area contributed by atoms with Crippen molar-refractivity contribution in [1.82, 2.24) is 24.3 Å². The molecule has 12 heteroatoms. The van der Waals surface area contributed by atoms with Crippen LogP contribution in [0.2, 0.25) is 0 Å². The Morgan fingerprint density at radius 2 is 1.89 bits per heavy atom. The van der Waals surface area contributed by atoms with E-state index in [4.69, 9.17) is 0 Å². The molecule has 0 aliphatic carbocycles. The van der Waals surface area contributed by atoms with Crippen LogP contribution in [0.25, 0.3) is 22.2 Å². The SMILES string of the molecule is Cn1c(=O)c(-c2ccc(F)c(NC(=O)Nc3cnn(C(C)(C)C)c3)c2)cc2cnc(S(C)=O)nc21. The van der Waals surface area contributed by atoms with Gasteiger partial charge in [-0.05, 0) is 44.5 Å². The van der Waals surface area contributed by atoms with E-state index in [2.05, 4.69) is 25.7 Å². The Labute approximate surface area is 202 Å². The molecule has 2 amide bonds. The molecule has 0 bridgehead atoms. The van der Waals surface area contributed by atoms with Gasteiger partial charge in [0.25, 0.3) is 5.56 Å². The molecule has 0 aliphatic heterocycles. The fourth-order valence-corrected chi connectivity index (χ4v) is 3.82. The van der Waals surface area contributed by atoms with Crippen LogP contribution >= 0.6 is 0 Å². The van der Waals surface area contributed by atoms with Gasteiger partial charge in [0.1, 0.15) is 11.5 Å². The third-order valence-electron chi connectivity index (χ3n) is 5.24. The number of rotatable bonds is 4. The summed E-state index contributed by atoms with van der Waals surface area (Å²) in [5.74, 6) is -0.662. The van der Waals surface area contributed by atoms with E-state index in [9.17, 15) is 18.2 Å². The summed E-state index contributed by atoms with van der Waals surface area (Å²) < 4.78 is 29.2. The minimum absolute atomic E-state index is 0.0988. The molecule has 35 heavy (non-hydrogen) atoms. The number of aromatic nitrogens is 5. The topological polar surface area (TPSA) is 124 Å². The van der Waals surface area contributed by atoms with Crippen LogP contribution in [-0.4, -0.2) is 40.8 Å². The summed E-state index contributed by atoms with van der Waals surface area (Å²) in [6, 6.07) is 4.93. The normalized spacial score (nSPS) is 12.5. The van der Waals surface area contributed by atoms with Crippen LogP contribution in [0.3, 0.4) is 0 Å². The maximum atomic E-state index is 14.5. The number of benzene rings is 1. The lowest BCUT2D eigenvalue weighted by Gasteiger charge is -2.18. The van der Waals surface area contributed by atoms with E-state index in [0.717, 1.165) is 0 Å². The first-order valence-corrected chi connectivity index (χ1v) is 12.1. The summed E-state index contributed by atoms with van der Waals surface area (Å²) in [6.45, 7) is 5.91. The number of urea groups is 1. The van der Waals surface area contributed by atoms with Gasteiger partial charge in [-0.3, -0.25) is 18.3 Å². The molecule has 1 atom stereocenters. The van der Waals surface area contributed by atoms with Crippen molar-refractivity contribution in [2.24, 2.45) is 7.05 Å². The zero-order valence-corrected chi connectivity index (χ0v) is 20.6. The Morgan fingerprint density at radius 3 is 2.54 bits per heavy atom. The number of pyridine rings is 1. The number of hydrogen-bond acceptors (Lipinski definition) is 6. The van der Waals surface area contributed by atoms with Gasteiger partial charge >= 0.3 is 6.03 Å². The van der Waals surface area contributed by atoms with Crippen molar-refractivity contribution in [2.45, 2.75) is 31.5 Å². The fraction of sp³-hybridized carbons (Fsp3) is 0.261. The molecule has 0 radical (unpaired) electrons. The molecular weight excluding hydrogens is 473 g/mol. The minimum atomic E-state index is -1.40. The van der Waals surface area contributed by atoms with Crippen molar-refractivity contribution in [2.75, 3.05) is 16.9 Å². The number of carbonyl (C=O) groups is 1. The summed E-state index contributed by atoms with van der Waals surface area (Å²) >= 11 is 0. The fourth-order valence-electron chi connectivity index (χ4n) is 3.40. The summed E-state index contributed by atoms with van der Waals surface area (Å²) in [4.78, 5) is 33.8. The van der Waals surface area contributed by atoms with Crippen molar-refractivity contribution in [1.29, 1.82) is 0 Å². The van der Waals surface area contributed by atoms with Crippen molar-refractivity contribution in [3.05, 3.63) is 59.0 Å². The summed E-state index contributed by atoms with van der Waals surface area (Å²) in [7, 11) is 0.137. The minimum Gasteiger partial charge on any atom is -0.305 e. The second-order valence-electron chi connectivity index (χ2n) is 8.93. The largest absolute Gasteiger partial charge is 0.323 e. The van der Waals surface area contributed by atoms with Gasteiger partial charge in [-0.15, -0.1) is 0 Å². The summed E-state index contributed by atoms with van der Waals surface area (Å²) in [5, 5.41) is 9.98. The highest BCUT2D eigenvalue weighted by Gasteiger charge is 2.17. The maximum Gasteiger partial charge on any atom is 0.323 e. The van der Waals surface area contributed by atoms with Crippen molar-refractivity contribution < 1.29 is 13.4 Å². The first-order valence-electron chi connectivity index (χ1n) is 10.6. The number of aryl methyl sites for hydroxylation is 1. The average molecular weight is 498 g/mol. The van der Waals surface area contributed by atoms with E-state index in [1.54, 1.807) is 16.9 Å². The van der Waals surface area contributed by atoms with E-state index in [1.807, 2.05) is 20.8 Å². The molecule has 1 aromatic carbocycles. The maximum absolute atomic E-state index is 14.5. The van der Waals surface area contributed by atoms with E-state index in [-0.39, 0.29) is 27.5 Å². The van der Waals surface area contributed by atoms with Gasteiger partial charge in [-0.2, -0.15) is 5.10 Å². The average Bonchev–Trinajstić information content (AvgIpc) is 3.26. The van der Waals surface area contributed by atoms with Crippen LogP contribution in [0.5, 0.6) is 0 Å². The molecule has 0 spiro atoms. The van der Waals surface area contributed by atoms with Crippen LogP contribution in [0, 0.1) is 5.82 Å². The molecule has 0 saturated heterocycles. The molecule has 3 aromatic heterocycles. The second kappa shape index (κ2) is 9.02. The second-order valence-corrected chi connectivity index (χ2v) is 10.2. The van der Waals surface area contributed by atoms with Crippen LogP contribution in [0.15, 0.2) is 52.8 Å². The zero-order chi connectivity index (χ0) is 25.5. The quantitative estimate of drug-likeness (QED) is 0.416. The number of nitrogens with zero attached hydrogens (tertiary/aromatic N) is 5. The van der Waals surface area contributed by atoms with E-state index < -0.39 is 22.6 Å². The Kier molecular flexibility index (Phi) is 6.24. The lowest BCUT2D eigenvalue weighted by Crippen LogP contribution is -2.22. The predicted octanol–water partition coefficient (Wildman–Crippen LogP) is 3.47. The number of anilines is 2. The van der Waals surface area contributed by atoms with Crippen molar-refractivity contribution >= 4 is 39.2 Å². The third kappa shape index (κ3) is 4.97. The van der Waals surface area contributed by atoms with Crippen LogP contribution < -0.4 is 16.2 Å². The lowest BCUT2D eigenvalue weighted by atomic mass is 10.1. The van der Waals surface area contributed by atoms with Gasteiger partial charge in [0.2, 0.25) is 5.16 Å². The zero-order valence-electron chi connectivity index (χ0n) is 19.8. The summed E-state index contributed by atoms with van der Waals surface area (Å²) in [6.07, 6.45) is 6.11. The lowest BCUT2D eigenvalue weighted by molar-refractivity contribution is 0.262. The van der Waals surface area contributed by atoms with Gasteiger partial charge in [-0.25, -0.2) is 19.2 Å².